The van der Waals surface area contributed by atoms with Crippen LogP contribution in [-0.2, 0) is 4.74 Å². The number of rotatable bonds is 2. The number of hydrazine groups is 1. The number of likely N-dealkylation sites (N-methyl/N-ethyl adjacent to an activating group) is 1. The van der Waals surface area contributed by atoms with Crippen LogP contribution >= 0.6 is 0 Å². The highest BCUT2D eigenvalue weighted by atomic mass is 16.5. The molecule has 0 aromatic rings. The van der Waals surface area contributed by atoms with E-state index >= 15 is 0 Å². The molecule has 0 radical (unpaired) electrons. The fraction of sp³-hybridized carbons (Fsp3) is 0.429. The van der Waals surface area contributed by atoms with Crippen LogP contribution in [0.25, 0.3) is 0 Å². The molecular weight excluding hydrogens is 142 g/mol. The monoisotopic (exact) mass is 155 g/mol. The van der Waals surface area contributed by atoms with Crippen LogP contribution in [0.4, 0.5) is 0 Å². The summed E-state index contributed by atoms with van der Waals surface area (Å²) in [6.07, 6.45) is 5.59. The largest absolute Gasteiger partial charge is 0.361 e. The third kappa shape index (κ3) is 1.96. The number of nitrogens with two attached hydrogens (primary N) is 1. The van der Waals surface area contributed by atoms with Gasteiger partial charge in [-0.3, -0.25) is 0 Å². The van der Waals surface area contributed by atoms with Gasteiger partial charge in [-0.1, -0.05) is 0 Å². The molecule has 0 aromatic heterocycles. The zero-order chi connectivity index (χ0) is 8.27. The van der Waals surface area contributed by atoms with E-state index in [2.05, 4.69) is 5.32 Å². The summed E-state index contributed by atoms with van der Waals surface area (Å²) in [4.78, 5) is 0. The molecule has 1 aliphatic rings. The maximum absolute atomic E-state index is 5.49. The molecule has 0 aromatic carbocycles. The third-order valence-electron chi connectivity index (χ3n) is 1.50. The quantitative estimate of drug-likeness (QED) is 0.427. The minimum absolute atomic E-state index is 0.0290. The van der Waals surface area contributed by atoms with E-state index in [-0.39, 0.29) is 6.23 Å². The van der Waals surface area contributed by atoms with Gasteiger partial charge < -0.3 is 15.1 Å². The summed E-state index contributed by atoms with van der Waals surface area (Å²) in [7, 11) is 3.43. The molecule has 0 bridgehead atoms. The van der Waals surface area contributed by atoms with Crippen molar-refractivity contribution in [1.82, 2.24) is 10.3 Å². The molecule has 1 aliphatic heterocycles. The molecule has 11 heavy (non-hydrogen) atoms. The third-order valence-corrected chi connectivity index (χ3v) is 1.50. The minimum atomic E-state index is -0.0290. The number of ether oxygens (including phenoxy) is 1. The van der Waals surface area contributed by atoms with Crippen molar-refractivity contribution in [1.29, 1.82) is 0 Å². The van der Waals surface area contributed by atoms with Crippen LogP contribution in [0.5, 0.6) is 0 Å². The lowest BCUT2D eigenvalue weighted by Crippen LogP contribution is -2.32. The van der Waals surface area contributed by atoms with Gasteiger partial charge in [0.05, 0.1) is 5.70 Å². The van der Waals surface area contributed by atoms with Gasteiger partial charge in [-0.2, -0.15) is 0 Å². The lowest BCUT2D eigenvalue weighted by molar-refractivity contribution is 0.122. The summed E-state index contributed by atoms with van der Waals surface area (Å²) in [5.74, 6) is 5.49. The van der Waals surface area contributed by atoms with Gasteiger partial charge in [0.25, 0.3) is 0 Å². The standard InChI is InChI=1S/C7H13N3O/c1-10(8)6-3-4-7(11-2)9-5-6/h3-5,7,9H,8H2,1-2H3. The van der Waals surface area contributed by atoms with Gasteiger partial charge in [0, 0.05) is 20.4 Å². The van der Waals surface area contributed by atoms with Crippen LogP contribution in [-0.4, -0.2) is 25.4 Å². The Labute approximate surface area is 66.3 Å². The summed E-state index contributed by atoms with van der Waals surface area (Å²) in [5.41, 5.74) is 0.929. The second-order valence-corrected chi connectivity index (χ2v) is 2.36. The van der Waals surface area contributed by atoms with Gasteiger partial charge in [0.1, 0.15) is 6.23 Å². The van der Waals surface area contributed by atoms with Crippen LogP contribution in [0.15, 0.2) is 24.0 Å². The number of nitrogens with one attached hydrogen (secondary N) is 1. The number of nitrogens with zero attached hydrogens (tertiary/aromatic N) is 1. The molecule has 3 N–H and O–H groups in total. The summed E-state index contributed by atoms with van der Waals surface area (Å²) in [6.45, 7) is 0. The molecule has 0 saturated carbocycles. The maximum Gasteiger partial charge on any atom is 0.146 e. The summed E-state index contributed by atoms with van der Waals surface area (Å²) < 4.78 is 5.02. The van der Waals surface area contributed by atoms with E-state index in [1.807, 2.05) is 18.4 Å². The second kappa shape index (κ2) is 3.41. The predicted octanol–water partition coefficient (Wildman–Crippen LogP) is -0.235. The normalized spacial score (nSPS) is 22.5. The number of hydrogen-bond donors (Lipinski definition) is 2. The lowest BCUT2D eigenvalue weighted by atomic mass is 10.3. The van der Waals surface area contributed by atoms with Crippen molar-refractivity contribution in [2.75, 3.05) is 14.2 Å². The van der Waals surface area contributed by atoms with Gasteiger partial charge in [-0.25, -0.2) is 5.84 Å². The fourth-order valence-electron chi connectivity index (χ4n) is 0.823. The van der Waals surface area contributed by atoms with E-state index in [1.165, 1.54) is 5.01 Å². The molecule has 0 spiro atoms. The van der Waals surface area contributed by atoms with Crippen LogP contribution in [0, 0.1) is 0 Å². The molecular formula is C7H13N3O. The average Bonchev–Trinajstić information content (AvgIpc) is 2.05. The van der Waals surface area contributed by atoms with Crippen molar-refractivity contribution in [3.63, 3.8) is 0 Å². The van der Waals surface area contributed by atoms with Gasteiger partial charge in [-0.15, -0.1) is 0 Å². The molecule has 0 fully saturated rings. The smallest absolute Gasteiger partial charge is 0.146 e. The van der Waals surface area contributed by atoms with Crippen LogP contribution < -0.4 is 11.2 Å². The van der Waals surface area contributed by atoms with Crippen molar-refractivity contribution in [3.8, 4) is 0 Å². The van der Waals surface area contributed by atoms with Crippen molar-refractivity contribution >= 4 is 0 Å². The van der Waals surface area contributed by atoms with E-state index < -0.39 is 0 Å². The first-order valence-corrected chi connectivity index (χ1v) is 3.39. The Kier molecular flexibility index (Phi) is 2.51. The topological polar surface area (TPSA) is 50.5 Å². The molecule has 1 rings (SSSR count). The van der Waals surface area contributed by atoms with Gasteiger partial charge >= 0.3 is 0 Å². The van der Waals surface area contributed by atoms with E-state index in [0.29, 0.717) is 0 Å². The minimum Gasteiger partial charge on any atom is -0.361 e. The first-order valence-electron chi connectivity index (χ1n) is 3.39. The number of hydrogen-bond acceptors (Lipinski definition) is 4. The molecule has 4 heteroatoms. The van der Waals surface area contributed by atoms with Crippen molar-refractivity contribution in [2.24, 2.45) is 5.84 Å². The molecule has 62 valence electrons. The van der Waals surface area contributed by atoms with E-state index in [4.69, 9.17) is 10.6 Å². The average molecular weight is 155 g/mol. The Balaban J connectivity index is 2.53. The molecule has 0 saturated heterocycles. The highest BCUT2D eigenvalue weighted by Crippen LogP contribution is 2.04. The van der Waals surface area contributed by atoms with E-state index in [1.54, 1.807) is 14.2 Å². The van der Waals surface area contributed by atoms with E-state index in [0.717, 1.165) is 5.70 Å². The number of methoxy groups -OCH3 is 1. The second-order valence-electron chi connectivity index (χ2n) is 2.36. The zero-order valence-electron chi connectivity index (χ0n) is 6.74. The molecule has 1 atom stereocenters. The van der Waals surface area contributed by atoms with Crippen LogP contribution in [0.1, 0.15) is 0 Å². The Morgan fingerprint density at radius 2 is 2.45 bits per heavy atom. The molecule has 4 nitrogen and oxygen atoms in total. The van der Waals surface area contributed by atoms with Crippen LogP contribution in [0.3, 0.4) is 0 Å². The fourth-order valence-corrected chi connectivity index (χ4v) is 0.823. The first-order chi connectivity index (χ1) is 5.24. The Hall–Kier alpha value is -1.00. The van der Waals surface area contributed by atoms with Crippen molar-refractivity contribution < 1.29 is 4.74 Å². The lowest BCUT2D eigenvalue weighted by Gasteiger charge is -2.20. The number of allylic oxidation sites excluding steroid dienone is 1. The van der Waals surface area contributed by atoms with Gasteiger partial charge in [-0.05, 0) is 12.2 Å². The van der Waals surface area contributed by atoms with E-state index in [9.17, 15) is 0 Å². The molecule has 1 heterocycles. The van der Waals surface area contributed by atoms with Gasteiger partial charge in [0.15, 0.2) is 0 Å². The number of dihydropyridines is 1. The summed E-state index contributed by atoms with van der Waals surface area (Å²) >= 11 is 0. The van der Waals surface area contributed by atoms with Crippen molar-refractivity contribution in [2.45, 2.75) is 6.23 Å². The summed E-state index contributed by atoms with van der Waals surface area (Å²) in [6, 6.07) is 0. The highest BCUT2D eigenvalue weighted by molar-refractivity contribution is 5.20. The molecule has 1 unspecified atom stereocenters. The molecule has 0 amide bonds. The van der Waals surface area contributed by atoms with Crippen LogP contribution in [0.2, 0.25) is 0 Å². The maximum atomic E-state index is 5.49. The SMILES string of the molecule is COC1C=CC(N(C)N)=CN1. The zero-order valence-corrected chi connectivity index (χ0v) is 6.74. The Morgan fingerprint density at radius 3 is 2.82 bits per heavy atom. The Morgan fingerprint density at radius 1 is 1.73 bits per heavy atom. The first kappa shape index (κ1) is 8.10. The predicted molar refractivity (Wildman–Crippen MR) is 43.1 cm³/mol. The summed E-state index contributed by atoms with van der Waals surface area (Å²) in [5, 5.41) is 4.54. The Bertz CT molecular complexity index is 186. The molecule has 0 aliphatic carbocycles. The van der Waals surface area contributed by atoms with Gasteiger partial charge in [0.2, 0.25) is 0 Å². The van der Waals surface area contributed by atoms with Crippen molar-refractivity contribution in [3.05, 3.63) is 24.0 Å². The highest BCUT2D eigenvalue weighted by Gasteiger charge is 2.05.